The Bertz CT molecular complexity index is 517. The normalized spacial score (nSPS) is 13.9. The average Bonchev–Trinajstić information content (AvgIpc) is 2.36. The number of anilines is 2. The number of rotatable bonds is 3. The number of fused-ring (bicyclic) bond motifs is 1. The monoisotopic (exact) mass is 290 g/mol. The van der Waals surface area contributed by atoms with Gasteiger partial charge < -0.3 is 20.5 Å². The van der Waals surface area contributed by atoms with Gasteiger partial charge in [-0.25, -0.2) is 0 Å². The van der Waals surface area contributed by atoms with E-state index >= 15 is 0 Å². The summed E-state index contributed by atoms with van der Waals surface area (Å²) in [6, 6.07) is 2.91. The number of halogens is 3. The number of nitrogens with two attached hydrogens (primary N) is 1. The summed E-state index contributed by atoms with van der Waals surface area (Å²) >= 11 is 0. The van der Waals surface area contributed by atoms with Crippen molar-refractivity contribution in [1.29, 1.82) is 0 Å². The fourth-order valence-corrected chi connectivity index (χ4v) is 1.68. The standard InChI is InChI=1S/C12H13F3N2O3/c13-12(14,15)2-1-11(18)17-8-6-10-9(5-7(8)16)19-3-4-20-10/h5-6H,1-4,16H2,(H,17,18). The van der Waals surface area contributed by atoms with Crippen LogP contribution in [0.3, 0.4) is 0 Å². The molecule has 3 N–H and O–H groups in total. The van der Waals surface area contributed by atoms with Crippen molar-refractivity contribution in [3.63, 3.8) is 0 Å². The lowest BCUT2D eigenvalue weighted by Crippen LogP contribution is -2.19. The Morgan fingerprint density at radius 2 is 1.85 bits per heavy atom. The van der Waals surface area contributed by atoms with Crippen molar-refractivity contribution >= 4 is 17.3 Å². The lowest BCUT2D eigenvalue weighted by Gasteiger charge is -2.20. The van der Waals surface area contributed by atoms with Gasteiger partial charge in [0.25, 0.3) is 0 Å². The van der Waals surface area contributed by atoms with Crippen LogP contribution in [0.2, 0.25) is 0 Å². The summed E-state index contributed by atoms with van der Waals surface area (Å²) < 4.78 is 46.6. The minimum Gasteiger partial charge on any atom is -0.486 e. The first-order chi connectivity index (χ1) is 9.35. The summed E-state index contributed by atoms with van der Waals surface area (Å²) in [5.41, 5.74) is 6.12. The fourth-order valence-electron chi connectivity index (χ4n) is 1.68. The minimum atomic E-state index is -4.37. The van der Waals surface area contributed by atoms with Crippen molar-refractivity contribution < 1.29 is 27.4 Å². The van der Waals surface area contributed by atoms with Crippen molar-refractivity contribution in [2.45, 2.75) is 19.0 Å². The lowest BCUT2D eigenvalue weighted by molar-refractivity contribution is -0.142. The Hall–Kier alpha value is -2.12. The van der Waals surface area contributed by atoms with Crippen molar-refractivity contribution in [2.24, 2.45) is 0 Å². The number of nitrogen functional groups attached to an aromatic ring is 1. The maximum atomic E-state index is 12.0. The van der Waals surface area contributed by atoms with Gasteiger partial charge in [0, 0.05) is 18.6 Å². The molecule has 0 saturated carbocycles. The van der Waals surface area contributed by atoms with Gasteiger partial charge in [-0.2, -0.15) is 13.2 Å². The quantitative estimate of drug-likeness (QED) is 0.838. The summed E-state index contributed by atoms with van der Waals surface area (Å²) in [6.07, 6.45) is -6.20. The van der Waals surface area contributed by atoms with E-state index in [4.69, 9.17) is 15.2 Å². The average molecular weight is 290 g/mol. The zero-order valence-corrected chi connectivity index (χ0v) is 10.4. The molecule has 1 amide bonds. The molecule has 5 nitrogen and oxygen atoms in total. The van der Waals surface area contributed by atoms with Crippen molar-refractivity contribution in [1.82, 2.24) is 0 Å². The molecule has 0 saturated heterocycles. The second-order valence-corrected chi connectivity index (χ2v) is 4.25. The maximum absolute atomic E-state index is 12.0. The molecule has 1 aliphatic heterocycles. The molecule has 0 atom stereocenters. The van der Waals surface area contributed by atoms with Gasteiger partial charge in [0.05, 0.1) is 17.8 Å². The molecule has 20 heavy (non-hydrogen) atoms. The molecule has 1 aromatic rings. The van der Waals surface area contributed by atoms with E-state index in [-0.39, 0.29) is 11.4 Å². The molecule has 0 unspecified atom stereocenters. The minimum absolute atomic E-state index is 0.203. The van der Waals surface area contributed by atoms with Gasteiger partial charge in [-0.15, -0.1) is 0 Å². The van der Waals surface area contributed by atoms with Crippen LogP contribution >= 0.6 is 0 Å². The summed E-state index contributed by atoms with van der Waals surface area (Å²) in [4.78, 5) is 11.4. The van der Waals surface area contributed by atoms with Gasteiger partial charge in [-0.3, -0.25) is 4.79 Å². The lowest BCUT2D eigenvalue weighted by atomic mass is 10.2. The molecule has 0 spiro atoms. The van der Waals surface area contributed by atoms with E-state index in [2.05, 4.69) is 5.32 Å². The van der Waals surface area contributed by atoms with E-state index in [0.29, 0.717) is 24.7 Å². The number of amides is 1. The molecule has 1 aromatic carbocycles. The van der Waals surface area contributed by atoms with E-state index < -0.39 is 24.9 Å². The number of ether oxygens (including phenoxy) is 2. The van der Waals surface area contributed by atoms with Crippen molar-refractivity contribution in [3.05, 3.63) is 12.1 Å². The van der Waals surface area contributed by atoms with Crippen LogP contribution < -0.4 is 20.5 Å². The van der Waals surface area contributed by atoms with Crippen molar-refractivity contribution in [3.8, 4) is 11.5 Å². The molecule has 1 heterocycles. The van der Waals surface area contributed by atoms with Crippen LogP contribution in [0.1, 0.15) is 12.8 Å². The van der Waals surface area contributed by atoms with Gasteiger partial charge in [-0.1, -0.05) is 0 Å². The van der Waals surface area contributed by atoms with Gasteiger partial charge in [0.1, 0.15) is 13.2 Å². The Balaban J connectivity index is 2.04. The number of carbonyl (C=O) groups is 1. The second-order valence-electron chi connectivity index (χ2n) is 4.25. The smallest absolute Gasteiger partial charge is 0.389 e. The van der Waals surface area contributed by atoms with E-state index in [9.17, 15) is 18.0 Å². The number of hydrogen-bond donors (Lipinski definition) is 2. The molecule has 8 heteroatoms. The van der Waals surface area contributed by atoms with Crippen LogP contribution in [-0.4, -0.2) is 25.3 Å². The summed E-state index contributed by atoms with van der Waals surface area (Å²) in [6.45, 7) is 0.752. The Morgan fingerprint density at radius 3 is 2.45 bits per heavy atom. The SMILES string of the molecule is Nc1cc2c(cc1NC(=O)CCC(F)(F)F)OCCO2. The predicted molar refractivity (Wildman–Crippen MR) is 65.8 cm³/mol. The number of alkyl halides is 3. The molecule has 0 radical (unpaired) electrons. The highest BCUT2D eigenvalue weighted by atomic mass is 19.4. The number of benzene rings is 1. The number of nitrogens with one attached hydrogen (secondary N) is 1. The molecule has 0 aliphatic carbocycles. The van der Waals surface area contributed by atoms with E-state index in [1.54, 1.807) is 0 Å². The molecule has 0 aromatic heterocycles. The topological polar surface area (TPSA) is 73.6 Å². The Labute approximate surface area is 112 Å². The zero-order valence-electron chi connectivity index (χ0n) is 10.4. The van der Waals surface area contributed by atoms with Gasteiger partial charge in [0.15, 0.2) is 11.5 Å². The Morgan fingerprint density at radius 1 is 1.25 bits per heavy atom. The van der Waals surface area contributed by atoms with Gasteiger partial charge in [-0.05, 0) is 0 Å². The van der Waals surface area contributed by atoms with E-state index in [0.717, 1.165) is 0 Å². The third-order valence-corrected chi connectivity index (χ3v) is 2.62. The molecule has 0 bridgehead atoms. The second kappa shape index (κ2) is 5.48. The first-order valence-electron chi connectivity index (χ1n) is 5.91. The number of carbonyl (C=O) groups excluding carboxylic acids is 1. The number of hydrogen-bond acceptors (Lipinski definition) is 4. The molecule has 2 rings (SSSR count). The third kappa shape index (κ3) is 3.69. The predicted octanol–water partition coefficient (Wildman–Crippen LogP) is 2.32. The highest BCUT2D eigenvalue weighted by Gasteiger charge is 2.28. The van der Waals surface area contributed by atoms with E-state index in [1.165, 1.54) is 12.1 Å². The van der Waals surface area contributed by atoms with Crippen LogP contribution in [-0.2, 0) is 4.79 Å². The zero-order chi connectivity index (χ0) is 14.8. The van der Waals surface area contributed by atoms with Crippen LogP contribution in [0.15, 0.2) is 12.1 Å². The van der Waals surface area contributed by atoms with E-state index in [1.807, 2.05) is 0 Å². The van der Waals surface area contributed by atoms with Crippen LogP contribution in [0.25, 0.3) is 0 Å². The largest absolute Gasteiger partial charge is 0.486 e. The maximum Gasteiger partial charge on any atom is 0.389 e. The van der Waals surface area contributed by atoms with Crippen LogP contribution in [0.5, 0.6) is 11.5 Å². The summed E-state index contributed by atoms with van der Waals surface area (Å²) in [7, 11) is 0. The molecular weight excluding hydrogens is 277 g/mol. The molecular formula is C12H13F3N2O3. The first-order valence-corrected chi connectivity index (χ1v) is 5.91. The van der Waals surface area contributed by atoms with Crippen molar-refractivity contribution in [2.75, 3.05) is 24.3 Å². The van der Waals surface area contributed by atoms with Crippen LogP contribution in [0.4, 0.5) is 24.5 Å². The molecule has 1 aliphatic rings. The first kappa shape index (κ1) is 14.3. The summed E-state index contributed by atoms with van der Waals surface area (Å²) in [5, 5.41) is 2.33. The van der Waals surface area contributed by atoms with Gasteiger partial charge in [0.2, 0.25) is 5.91 Å². The fraction of sp³-hybridized carbons (Fsp3) is 0.417. The highest BCUT2D eigenvalue weighted by molar-refractivity contribution is 5.94. The Kier molecular flexibility index (Phi) is 3.91. The highest BCUT2D eigenvalue weighted by Crippen LogP contribution is 2.37. The van der Waals surface area contributed by atoms with Crippen LogP contribution in [0, 0.1) is 0 Å². The molecule has 110 valence electrons. The molecule has 0 fully saturated rings. The summed E-state index contributed by atoms with van der Waals surface area (Å²) in [5.74, 6) is 0.0873. The third-order valence-electron chi connectivity index (χ3n) is 2.62. The van der Waals surface area contributed by atoms with Gasteiger partial charge >= 0.3 is 6.18 Å².